The lowest BCUT2D eigenvalue weighted by Crippen LogP contribution is -2.46. The molecule has 5 nitrogen and oxygen atoms in total. The van der Waals surface area contributed by atoms with Gasteiger partial charge in [-0.3, -0.25) is 9.69 Å². The Morgan fingerprint density at radius 1 is 1.52 bits per heavy atom. The van der Waals surface area contributed by atoms with Gasteiger partial charge in [0, 0.05) is 31.1 Å². The molecule has 1 N–H and O–H groups in total. The van der Waals surface area contributed by atoms with Gasteiger partial charge in [0.1, 0.15) is 5.76 Å². The van der Waals surface area contributed by atoms with Crippen molar-refractivity contribution in [2.75, 3.05) is 19.6 Å². The number of nitrogens with zero attached hydrogens (tertiary/aromatic N) is 2. The van der Waals surface area contributed by atoms with Crippen LogP contribution in [0.4, 0.5) is 0 Å². The minimum Gasteiger partial charge on any atom is -0.360 e. The fourth-order valence-corrected chi connectivity index (χ4v) is 3.04. The first-order chi connectivity index (χ1) is 10.1. The first-order valence-corrected chi connectivity index (χ1v) is 8.12. The third-order valence-corrected chi connectivity index (χ3v) is 4.61. The summed E-state index contributed by atoms with van der Waals surface area (Å²) in [5.41, 5.74) is 0.413. The molecule has 2 atom stereocenters. The molecule has 1 saturated heterocycles. The van der Waals surface area contributed by atoms with E-state index in [4.69, 9.17) is 4.52 Å². The average molecular weight is 291 g/mol. The molecule has 3 rings (SSSR count). The largest absolute Gasteiger partial charge is 0.360 e. The summed E-state index contributed by atoms with van der Waals surface area (Å²) in [6, 6.07) is 2.16. The molecule has 1 aromatic heterocycles. The molecular formula is C16H25N3O2. The van der Waals surface area contributed by atoms with E-state index in [1.54, 1.807) is 6.07 Å². The Bertz CT molecular complexity index is 495. The highest BCUT2D eigenvalue weighted by molar-refractivity contribution is 5.92. The zero-order chi connectivity index (χ0) is 14.8. The second-order valence-corrected chi connectivity index (χ2v) is 6.69. The summed E-state index contributed by atoms with van der Waals surface area (Å²) >= 11 is 0. The van der Waals surface area contributed by atoms with Gasteiger partial charge in [0.05, 0.1) is 0 Å². The smallest absolute Gasteiger partial charge is 0.273 e. The van der Waals surface area contributed by atoms with Crippen molar-refractivity contribution < 1.29 is 9.32 Å². The zero-order valence-corrected chi connectivity index (χ0v) is 13.0. The molecule has 0 aromatic carbocycles. The first kappa shape index (κ1) is 14.6. The number of hydrogen-bond donors (Lipinski definition) is 1. The molecule has 0 spiro atoms. The summed E-state index contributed by atoms with van der Waals surface area (Å²) in [6.45, 7) is 7.41. The third kappa shape index (κ3) is 3.64. The van der Waals surface area contributed by atoms with Crippen molar-refractivity contribution in [2.45, 2.75) is 51.5 Å². The number of rotatable bonds is 5. The Balaban J connectivity index is 1.47. The van der Waals surface area contributed by atoms with E-state index in [1.165, 1.54) is 12.8 Å². The second kappa shape index (κ2) is 6.18. The monoisotopic (exact) mass is 291 g/mol. The number of aromatic nitrogens is 1. The highest BCUT2D eigenvalue weighted by Crippen LogP contribution is 2.40. The molecule has 21 heavy (non-hydrogen) atoms. The molecule has 1 amide bonds. The highest BCUT2D eigenvalue weighted by atomic mass is 16.5. The van der Waals surface area contributed by atoms with Crippen LogP contribution in [-0.4, -0.2) is 41.6 Å². The van der Waals surface area contributed by atoms with Crippen molar-refractivity contribution >= 4 is 5.91 Å². The molecule has 2 heterocycles. The van der Waals surface area contributed by atoms with Gasteiger partial charge >= 0.3 is 0 Å². The van der Waals surface area contributed by atoms with Gasteiger partial charge in [-0.1, -0.05) is 12.1 Å². The van der Waals surface area contributed by atoms with Crippen molar-refractivity contribution in [3.8, 4) is 0 Å². The maximum Gasteiger partial charge on any atom is 0.273 e. The van der Waals surface area contributed by atoms with Crippen molar-refractivity contribution in [1.82, 2.24) is 15.4 Å². The van der Waals surface area contributed by atoms with E-state index >= 15 is 0 Å². The quantitative estimate of drug-likeness (QED) is 0.905. The molecule has 5 heteroatoms. The summed E-state index contributed by atoms with van der Waals surface area (Å²) in [6.07, 6.45) is 4.88. The van der Waals surface area contributed by atoms with Crippen molar-refractivity contribution in [2.24, 2.45) is 5.92 Å². The molecule has 2 fully saturated rings. The van der Waals surface area contributed by atoms with Crippen LogP contribution in [0, 0.1) is 5.92 Å². The van der Waals surface area contributed by atoms with E-state index in [1.807, 2.05) is 0 Å². The summed E-state index contributed by atoms with van der Waals surface area (Å²) in [5.74, 6) is 1.99. The minimum absolute atomic E-state index is 0.123. The molecule has 1 aliphatic heterocycles. The summed E-state index contributed by atoms with van der Waals surface area (Å²) in [4.78, 5) is 14.6. The maximum absolute atomic E-state index is 12.1. The van der Waals surface area contributed by atoms with E-state index in [0.717, 1.165) is 37.6 Å². The Hall–Kier alpha value is -1.36. The Labute approximate surface area is 126 Å². The van der Waals surface area contributed by atoms with Crippen molar-refractivity contribution in [3.63, 3.8) is 0 Å². The minimum atomic E-state index is -0.123. The number of likely N-dealkylation sites (tertiary alicyclic amines) is 1. The lowest BCUT2D eigenvalue weighted by atomic mass is 9.99. The van der Waals surface area contributed by atoms with Crippen LogP contribution in [-0.2, 0) is 0 Å². The lowest BCUT2D eigenvalue weighted by molar-refractivity contribution is 0.0909. The standard InChI is InChI=1S/C16H25N3O2/c1-11-4-3-7-19(10-11)12(2)9-17-16(20)14-8-15(21-18-14)13-5-6-13/h8,11-13H,3-7,9-10H2,1-2H3,(H,17,20)/t11-,12+/m0/s1. The van der Waals surface area contributed by atoms with Crippen LogP contribution in [0.3, 0.4) is 0 Å². The number of carbonyl (C=O) groups is 1. The topological polar surface area (TPSA) is 58.4 Å². The van der Waals surface area contributed by atoms with Gasteiger partial charge in [-0.2, -0.15) is 0 Å². The lowest BCUT2D eigenvalue weighted by Gasteiger charge is -2.35. The van der Waals surface area contributed by atoms with Gasteiger partial charge in [-0.25, -0.2) is 0 Å². The maximum atomic E-state index is 12.1. The van der Waals surface area contributed by atoms with Crippen LogP contribution >= 0.6 is 0 Å². The normalized spacial score (nSPS) is 24.8. The van der Waals surface area contributed by atoms with Gasteiger partial charge in [-0.15, -0.1) is 0 Å². The van der Waals surface area contributed by atoms with Crippen LogP contribution in [0.2, 0.25) is 0 Å². The van der Waals surface area contributed by atoms with Crippen LogP contribution in [0.15, 0.2) is 10.6 Å². The van der Waals surface area contributed by atoms with Gasteiger partial charge < -0.3 is 9.84 Å². The summed E-state index contributed by atoms with van der Waals surface area (Å²) < 4.78 is 5.23. The first-order valence-electron chi connectivity index (χ1n) is 8.12. The molecular weight excluding hydrogens is 266 g/mol. The van der Waals surface area contributed by atoms with E-state index < -0.39 is 0 Å². The van der Waals surface area contributed by atoms with Gasteiger partial charge in [0.25, 0.3) is 5.91 Å². The van der Waals surface area contributed by atoms with Gasteiger partial charge in [-0.05, 0) is 45.1 Å². The summed E-state index contributed by atoms with van der Waals surface area (Å²) in [7, 11) is 0. The fourth-order valence-electron chi connectivity index (χ4n) is 3.04. The molecule has 0 bridgehead atoms. The van der Waals surface area contributed by atoms with E-state index in [2.05, 4.69) is 29.2 Å². The predicted octanol–water partition coefficient (Wildman–Crippen LogP) is 2.40. The van der Waals surface area contributed by atoms with E-state index in [0.29, 0.717) is 24.2 Å². The molecule has 0 unspecified atom stereocenters. The van der Waals surface area contributed by atoms with Gasteiger partial charge in [0.2, 0.25) is 0 Å². The molecule has 1 aliphatic carbocycles. The fraction of sp³-hybridized carbons (Fsp3) is 0.750. The van der Waals surface area contributed by atoms with Crippen LogP contribution in [0.1, 0.15) is 61.7 Å². The number of carbonyl (C=O) groups excluding carboxylic acids is 1. The summed E-state index contributed by atoms with van der Waals surface area (Å²) in [5, 5.41) is 6.86. The van der Waals surface area contributed by atoms with Crippen LogP contribution < -0.4 is 5.32 Å². The van der Waals surface area contributed by atoms with Crippen molar-refractivity contribution in [3.05, 3.63) is 17.5 Å². The van der Waals surface area contributed by atoms with Gasteiger partial charge in [0.15, 0.2) is 5.69 Å². The van der Waals surface area contributed by atoms with Crippen LogP contribution in [0.25, 0.3) is 0 Å². The third-order valence-electron chi connectivity index (χ3n) is 4.61. The van der Waals surface area contributed by atoms with E-state index in [9.17, 15) is 4.79 Å². The molecule has 2 aliphatic rings. The number of amides is 1. The Morgan fingerprint density at radius 2 is 2.33 bits per heavy atom. The molecule has 1 saturated carbocycles. The number of nitrogens with one attached hydrogen (secondary N) is 1. The Morgan fingerprint density at radius 3 is 3.05 bits per heavy atom. The van der Waals surface area contributed by atoms with Crippen molar-refractivity contribution in [1.29, 1.82) is 0 Å². The Kier molecular flexibility index (Phi) is 4.29. The van der Waals surface area contributed by atoms with E-state index in [-0.39, 0.29) is 5.91 Å². The highest BCUT2D eigenvalue weighted by Gasteiger charge is 2.29. The SMILES string of the molecule is C[C@H]1CCCN([C@H](C)CNC(=O)c2cc(C3CC3)on2)C1. The molecule has 116 valence electrons. The zero-order valence-electron chi connectivity index (χ0n) is 13.0. The number of hydrogen-bond acceptors (Lipinski definition) is 4. The molecule has 1 aromatic rings. The van der Waals surface area contributed by atoms with Crippen LogP contribution in [0.5, 0.6) is 0 Å². The predicted molar refractivity (Wildman–Crippen MR) is 80.2 cm³/mol. The second-order valence-electron chi connectivity index (χ2n) is 6.69. The number of piperidine rings is 1. The molecule has 0 radical (unpaired) electrons. The average Bonchev–Trinajstić information content (AvgIpc) is 3.22.